The minimum atomic E-state index is 0.224. The minimum Gasteiger partial charge on any atom is -0.492 e. The van der Waals surface area contributed by atoms with E-state index in [1.54, 1.807) is 23.5 Å². The molecule has 0 saturated carbocycles. The van der Waals surface area contributed by atoms with Crippen molar-refractivity contribution < 1.29 is 19.7 Å². The van der Waals surface area contributed by atoms with E-state index in [1.807, 2.05) is 6.07 Å². The number of ether oxygens (including phenoxy) is 2. The van der Waals surface area contributed by atoms with E-state index in [2.05, 4.69) is 43.3 Å². The largest absolute Gasteiger partial charge is 0.492 e. The highest BCUT2D eigenvalue weighted by molar-refractivity contribution is 7.99. The topological polar surface area (TPSA) is 58.9 Å². The van der Waals surface area contributed by atoms with Crippen LogP contribution in [0.3, 0.4) is 0 Å². The molecule has 0 spiro atoms. The maximum absolute atomic E-state index is 8.95. The predicted molar refractivity (Wildman–Crippen MR) is 140 cm³/mol. The van der Waals surface area contributed by atoms with Crippen molar-refractivity contribution in [3.05, 3.63) is 48.0 Å². The van der Waals surface area contributed by atoms with Crippen LogP contribution in [0, 0.1) is 0 Å². The monoisotopic (exact) mass is 474 g/mol. The Morgan fingerprint density at radius 3 is 1.75 bits per heavy atom. The van der Waals surface area contributed by atoms with E-state index in [0.717, 1.165) is 75.3 Å². The van der Waals surface area contributed by atoms with E-state index in [0.29, 0.717) is 13.2 Å². The molecular formula is C26H34O4S2. The molecule has 0 aliphatic rings. The summed E-state index contributed by atoms with van der Waals surface area (Å²) in [6, 6.07) is 14.9. The number of benzene rings is 3. The summed E-state index contributed by atoms with van der Waals surface area (Å²) in [7, 11) is 0. The second-order valence-electron chi connectivity index (χ2n) is 7.51. The first-order chi connectivity index (χ1) is 15.8. The number of rotatable bonds is 15. The summed E-state index contributed by atoms with van der Waals surface area (Å²) in [5, 5.41) is 22.3. The van der Waals surface area contributed by atoms with Crippen molar-refractivity contribution >= 4 is 45.1 Å². The van der Waals surface area contributed by atoms with E-state index in [-0.39, 0.29) is 13.2 Å². The molecule has 0 aliphatic heterocycles. The first kappa shape index (κ1) is 25.0. The Hall–Kier alpha value is -1.60. The van der Waals surface area contributed by atoms with Gasteiger partial charge in [0.2, 0.25) is 0 Å². The Balaban J connectivity index is 1.89. The minimum absolute atomic E-state index is 0.224. The van der Waals surface area contributed by atoms with E-state index < -0.39 is 0 Å². The van der Waals surface area contributed by atoms with Crippen LogP contribution in [0.25, 0.3) is 21.5 Å². The highest BCUT2D eigenvalue weighted by Gasteiger charge is 2.16. The predicted octanol–water partition coefficient (Wildman–Crippen LogP) is 5.54. The van der Waals surface area contributed by atoms with Crippen LogP contribution >= 0.6 is 23.5 Å². The van der Waals surface area contributed by atoms with Gasteiger partial charge in [-0.1, -0.05) is 43.3 Å². The lowest BCUT2D eigenvalue weighted by Crippen LogP contribution is -2.04. The van der Waals surface area contributed by atoms with Gasteiger partial charge in [-0.15, -0.1) is 0 Å². The molecule has 0 radical (unpaired) electrons. The lowest BCUT2D eigenvalue weighted by atomic mass is 9.98. The molecule has 6 heteroatoms. The van der Waals surface area contributed by atoms with Crippen LogP contribution < -0.4 is 9.47 Å². The van der Waals surface area contributed by atoms with Crippen LogP contribution in [0.5, 0.6) is 11.5 Å². The van der Waals surface area contributed by atoms with Gasteiger partial charge < -0.3 is 19.7 Å². The first-order valence-corrected chi connectivity index (χ1v) is 13.7. The van der Waals surface area contributed by atoms with Crippen molar-refractivity contribution in [2.75, 3.05) is 49.4 Å². The average Bonchev–Trinajstić information content (AvgIpc) is 2.83. The molecular weight excluding hydrogens is 440 g/mol. The third kappa shape index (κ3) is 6.70. The Labute approximate surface area is 199 Å². The lowest BCUT2D eigenvalue weighted by Gasteiger charge is -2.18. The van der Waals surface area contributed by atoms with Crippen LogP contribution in [0.1, 0.15) is 25.3 Å². The van der Waals surface area contributed by atoms with Crippen molar-refractivity contribution in [2.45, 2.75) is 26.2 Å². The fourth-order valence-electron chi connectivity index (χ4n) is 3.68. The fraction of sp³-hybridized carbons (Fsp3) is 0.462. The van der Waals surface area contributed by atoms with Crippen molar-refractivity contribution in [1.82, 2.24) is 0 Å². The standard InChI is InChI=1S/C26H34O4S2/c1-2-20-9-10-23-24(19-20)26(30-14-6-16-32-18-12-28)22-8-4-3-7-21(22)25(23)29-13-5-15-31-17-11-27/h3-4,7-10,19,27-28H,2,5-6,11-18H2,1H3. The normalized spacial score (nSPS) is 11.3. The summed E-state index contributed by atoms with van der Waals surface area (Å²) in [6.45, 7) is 3.92. The summed E-state index contributed by atoms with van der Waals surface area (Å²) in [5.41, 5.74) is 1.28. The quantitative estimate of drug-likeness (QED) is 0.223. The van der Waals surface area contributed by atoms with Crippen LogP contribution in [0.15, 0.2) is 42.5 Å². The van der Waals surface area contributed by atoms with Crippen LogP contribution in [-0.4, -0.2) is 59.7 Å². The molecule has 32 heavy (non-hydrogen) atoms. The summed E-state index contributed by atoms with van der Waals surface area (Å²) in [6.07, 6.45) is 2.85. The van der Waals surface area contributed by atoms with Gasteiger partial charge in [0.25, 0.3) is 0 Å². The van der Waals surface area contributed by atoms with Gasteiger partial charge in [0.1, 0.15) is 11.5 Å². The van der Waals surface area contributed by atoms with Crippen molar-refractivity contribution in [3.63, 3.8) is 0 Å². The Bertz CT molecular complexity index is 977. The van der Waals surface area contributed by atoms with Gasteiger partial charge in [-0.05, 0) is 42.4 Å². The molecule has 0 bridgehead atoms. The summed E-state index contributed by atoms with van der Waals surface area (Å²) >= 11 is 3.51. The molecule has 3 aromatic rings. The molecule has 0 fully saturated rings. The van der Waals surface area contributed by atoms with Gasteiger partial charge in [0, 0.05) is 33.1 Å². The molecule has 4 nitrogen and oxygen atoms in total. The summed E-state index contributed by atoms with van der Waals surface area (Å²) in [4.78, 5) is 0. The zero-order chi connectivity index (χ0) is 22.6. The third-order valence-electron chi connectivity index (χ3n) is 5.23. The number of aliphatic hydroxyl groups is 2. The van der Waals surface area contributed by atoms with Gasteiger partial charge in [-0.3, -0.25) is 0 Å². The van der Waals surface area contributed by atoms with Gasteiger partial charge in [-0.25, -0.2) is 0 Å². The Kier molecular flexibility index (Phi) is 10.8. The highest BCUT2D eigenvalue weighted by atomic mass is 32.2. The maximum Gasteiger partial charge on any atom is 0.135 e. The molecule has 0 saturated heterocycles. The SMILES string of the molecule is CCc1ccc2c(OCCCSCCO)c3ccccc3c(OCCCSCCO)c2c1. The van der Waals surface area contributed by atoms with Gasteiger partial charge in [0.15, 0.2) is 0 Å². The van der Waals surface area contributed by atoms with Crippen molar-refractivity contribution in [2.24, 2.45) is 0 Å². The van der Waals surface area contributed by atoms with Gasteiger partial charge in [-0.2, -0.15) is 23.5 Å². The first-order valence-electron chi connectivity index (χ1n) is 11.4. The molecule has 174 valence electrons. The fourth-order valence-corrected chi connectivity index (χ4v) is 4.99. The average molecular weight is 475 g/mol. The number of aryl methyl sites for hydroxylation is 1. The smallest absolute Gasteiger partial charge is 0.135 e. The Morgan fingerprint density at radius 2 is 1.22 bits per heavy atom. The molecule has 0 aromatic heterocycles. The van der Waals surface area contributed by atoms with Crippen LogP contribution in [-0.2, 0) is 6.42 Å². The molecule has 3 rings (SSSR count). The third-order valence-corrected chi connectivity index (χ3v) is 7.33. The molecule has 0 heterocycles. The second-order valence-corrected chi connectivity index (χ2v) is 9.96. The molecule has 0 amide bonds. The van der Waals surface area contributed by atoms with E-state index in [9.17, 15) is 0 Å². The second kappa shape index (κ2) is 13.8. The van der Waals surface area contributed by atoms with Crippen molar-refractivity contribution in [3.8, 4) is 11.5 Å². The number of thioether (sulfide) groups is 2. The highest BCUT2D eigenvalue weighted by Crippen LogP contribution is 2.43. The van der Waals surface area contributed by atoms with Gasteiger partial charge >= 0.3 is 0 Å². The molecule has 0 aliphatic carbocycles. The van der Waals surface area contributed by atoms with E-state index in [4.69, 9.17) is 19.7 Å². The van der Waals surface area contributed by atoms with Gasteiger partial charge in [0.05, 0.1) is 26.4 Å². The van der Waals surface area contributed by atoms with Crippen molar-refractivity contribution in [1.29, 1.82) is 0 Å². The van der Waals surface area contributed by atoms with E-state index >= 15 is 0 Å². The molecule has 2 N–H and O–H groups in total. The summed E-state index contributed by atoms with van der Waals surface area (Å²) in [5.74, 6) is 5.37. The summed E-state index contributed by atoms with van der Waals surface area (Å²) < 4.78 is 12.7. The number of fused-ring (bicyclic) bond motifs is 2. The number of aliphatic hydroxyl groups excluding tert-OH is 2. The van der Waals surface area contributed by atoms with Crippen LogP contribution in [0.2, 0.25) is 0 Å². The Morgan fingerprint density at radius 1 is 0.688 bits per heavy atom. The van der Waals surface area contributed by atoms with E-state index in [1.165, 1.54) is 5.56 Å². The molecule has 0 atom stereocenters. The zero-order valence-electron chi connectivity index (χ0n) is 18.8. The van der Waals surface area contributed by atoms with Crippen LogP contribution in [0.4, 0.5) is 0 Å². The maximum atomic E-state index is 8.95. The number of hydrogen-bond donors (Lipinski definition) is 2. The number of hydrogen-bond acceptors (Lipinski definition) is 6. The lowest BCUT2D eigenvalue weighted by molar-refractivity contribution is 0.318. The zero-order valence-corrected chi connectivity index (χ0v) is 20.5. The molecule has 3 aromatic carbocycles. The molecule has 0 unspecified atom stereocenters.